The van der Waals surface area contributed by atoms with E-state index in [0.29, 0.717) is 18.2 Å². The van der Waals surface area contributed by atoms with Gasteiger partial charge in [0.1, 0.15) is 5.69 Å². The van der Waals surface area contributed by atoms with Gasteiger partial charge < -0.3 is 10.6 Å². The molecule has 5 nitrogen and oxygen atoms in total. The van der Waals surface area contributed by atoms with Crippen LogP contribution in [-0.4, -0.2) is 15.9 Å². The number of carbonyl (C=O) groups is 1. The lowest BCUT2D eigenvalue weighted by Crippen LogP contribution is -2.16. The van der Waals surface area contributed by atoms with Gasteiger partial charge in [-0.25, -0.2) is 9.97 Å². The van der Waals surface area contributed by atoms with Gasteiger partial charge in [0.25, 0.3) is 5.91 Å². The third-order valence-electron chi connectivity index (χ3n) is 4.30. The molecule has 0 bridgehead atoms. The molecule has 0 atom stereocenters. The van der Waals surface area contributed by atoms with Gasteiger partial charge in [0.05, 0.1) is 0 Å². The van der Waals surface area contributed by atoms with E-state index in [9.17, 15) is 4.79 Å². The summed E-state index contributed by atoms with van der Waals surface area (Å²) in [7, 11) is 0. The summed E-state index contributed by atoms with van der Waals surface area (Å²) in [5.74, 6) is 0.203. The highest BCUT2D eigenvalue weighted by molar-refractivity contribution is 6.03. The molecule has 0 spiro atoms. The van der Waals surface area contributed by atoms with Crippen LogP contribution in [0.25, 0.3) is 0 Å². The Morgan fingerprint density at radius 1 is 0.889 bits per heavy atom. The molecule has 3 aromatic rings. The number of hydrogen-bond donors (Lipinski definition) is 2. The summed E-state index contributed by atoms with van der Waals surface area (Å²) < 4.78 is 0. The van der Waals surface area contributed by atoms with Crippen molar-refractivity contribution in [2.75, 3.05) is 10.6 Å². The maximum absolute atomic E-state index is 12.7. The van der Waals surface area contributed by atoms with Gasteiger partial charge in [0.15, 0.2) is 0 Å². The van der Waals surface area contributed by atoms with E-state index in [1.165, 1.54) is 5.56 Å². The van der Waals surface area contributed by atoms with Crippen molar-refractivity contribution >= 4 is 17.5 Å². The van der Waals surface area contributed by atoms with Gasteiger partial charge in [0, 0.05) is 17.9 Å². The molecule has 3 rings (SSSR count). The van der Waals surface area contributed by atoms with Gasteiger partial charge in [0.2, 0.25) is 5.95 Å². The zero-order chi connectivity index (χ0) is 19.4. The van der Waals surface area contributed by atoms with E-state index in [4.69, 9.17) is 0 Å². The summed E-state index contributed by atoms with van der Waals surface area (Å²) in [5, 5.41) is 6.14. The second-order valence-electron chi connectivity index (χ2n) is 6.83. The quantitative estimate of drug-likeness (QED) is 0.699. The maximum Gasteiger partial charge on any atom is 0.274 e. The standard InChI is InChI=1S/C22H24N4O/c1-14-6-9-18(10-7-14)13-23-22-24-17(4)12-20(26-22)21(27)25-19-11-15(2)5-8-16(19)3/h5-12H,13H2,1-4H3,(H,25,27)(H,23,24,26). The molecule has 1 aromatic heterocycles. The molecule has 0 aliphatic rings. The van der Waals surface area contributed by atoms with E-state index in [1.54, 1.807) is 6.07 Å². The highest BCUT2D eigenvalue weighted by Crippen LogP contribution is 2.17. The predicted molar refractivity (Wildman–Crippen MR) is 109 cm³/mol. The average molecular weight is 360 g/mol. The predicted octanol–water partition coefficient (Wildman–Crippen LogP) is 4.57. The molecule has 0 saturated heterocycles. The zero-order valence-corrected chi connectivity index (χ0v) is 16.1. The van der Waals surface area contributed by atoms with Crippen molar-refractivity contribution in [1.29, 1.82) is 0 Å². The molecule has 0 unspecified atom stereocenters. The van der Waals surface area contributed by atoms with Crippen LogP contribution in [0.2, 0.25) is 0 Å². The Kier molecular flexibility index (Phi) is 5.50. The van der Waals surface area contributed by atoms with Crippen molar-refractivity contribution in [2.45, 2.75) is 34.2 Å². The van der Waals surface area contributed by atoms with Crippen molar-refractivity contribution in [2.24, 2.45) is 0 Å². The Morgan fingerprint density at radius 2 is 1.59 bits per heavy atom. The van der Waals surface area contributed by atoms with Crippen LogP contribution in [0.1, 0.15) is 38.4 Å². The van der Waals surface area contributed by atoms with Gasteiger partial charge in [-0.3, -0.25) is 4.79 Å². The molecule has 27 heavy (non-hydrogen) atoms. The lowest BCUT2D eigenvalue weighted by atomic mass is 10.1. The van der Waals surface area contributed by atoms with E-state index >= 15 is 0 Å². The molecule has 2 aromatic carbocycles. The smallest absolute Gasteiger partial charge is 0.274 e. The van der Waals surface area contributed by atoms with Gasteiger partial charge in [-0.15, -0.1) is 0 Å². The number of carbonyl (C=O) groups excluding carboxylic acids is 1. The Hall–Kier alpha value is -3.21. The minimum atomic E-state index is -0.243. The Balaban J connectivity index is 1.74. The molecule has 138 valence electrons. The summed E-state index contributed by atoms with van der Waals surface area (Å²) in [6.07, 6.45) is 0. The second kappa shape index (κ2) is 7.99. The molecular weight excluding hydrogens is 336 g/mol. The van der Waals surface area contributed by atoms with Gasteiger partial charge in [-0.2, -0.15) is 0 Å². The Labute approximate surface area is 159 Å². The van der Waals surface area contributed by atoms with Crippen molar-refractivity contribution < 1.29 is 4.79 Å². The van der Waals surface area contributed by atoms with Crippen molar-refractivity contribution in [3.63, 3.8) is 0 Å². The molecule has 2 N–H and O–H groups in total. The van der Waals surface area contributed by atoms with E-state index in [1.807, 2.05) is 39.0 Å². The third kappa shape index (κ3) is 4.91. The summed E-state index contributed by atoms with van der Waals surface area (Å²) in [4.78, 5) is 21.4. The minimum absolute atomic E-state index is 0.243. The topological polar surface area (TPSA) is 66.9 Å². The van der Waals surface area contributed by atoms with Gasteiger partial charge >= 0.3 is 0 Å². The molecule has 0 radical (unpaired) electrons. The van der Waals surface area contributed by atoms with Crippen LogP contribution >= 0.6 is 0 Å². The van der Waals surface area contributed by atoms with Crippen molar-refractivity contribution in [3.8, 4) is 0 Å². The van der Waals surface area contributed by atoms with Crippen LogP contribution in [0.5, 0.6) is 0 Å². The van der Waals surface area contributed by atoms with Gasteiger partial charge in [-0.1, -0.05) is 42.0 Å². The highest BCUT2D eigenvalue weighted by atomic mass is 16.1. The number of aromatic nitrogens is 2. The number of nitrogens with one attached hydrogen (secondary N) is 2. The van der Waals surface area contributed by atoms with Crippen LogP contribution in [-0.2, 0) is 6.54 Å². The summed E-state index contributed by atoms with van der Waals surface area (Å²) in [6, 6.07) is 15.9. The minimum Gasteiger partial charge on any atom is -0.350 e. The number of nitrogens with zero attached hydrogens (tertiary/aromatic N) is 2. The number of amides is 1. The summed E-state index contributed by atoms with van der Waals surface area (Å²) in [5.41, 5.74) is 6.33. The third-order valence-corrected chi connectivity index (χ3v) is 4.30. The van der Waals surface area contributed by atoms with Crippen molar-refractivity contribution in [1.82, 2.24) is 9.97 Å². The van der Waals surface area contributed by atoms with Gasteiger partial charge in [-0.05, 0) is 56.5 Å². The number of benzene rings is 2. The second-order valence-corrected chi connectivity index (χ2v) is 6.83. The van der Waals surface area contributed by atoms with Crippen LogP contribution in [0.4, 0.5) is 11.6 Å². The first kappa shape index (κ1) is 18.6. The summed E-state index contributed by atoms with van der Waals surface area (Å²) >= 11 is 0. The van der Waals surface area contributed by atoms with Crippen molar-refractivity contribution in [3.05, 3.63) is 82.2 Å². The van der Waals surface area contributed by atoms with Crippen LogP contribution in [0, 0.1) is 27.7 Å². The fraction of sp³-hybridized carbons (Fsp3) is 0.227. The molecule has 1 amide bonds. The number of rotatable bonds is 5. The normalized spacial score (nSPS) is 10.5. The van der Waals surface area contributed by atoms with Crippen LogP contribution < -0.4 is 10.6 Å². The van der Waals surface area contributed by atoms with Crippen LogP contribution in [0.3, 0.4) is 0 Å². The first-order chi connectivity index (χ1) is 12.9. The summed E-state index contributed by atoms with van der Waals surface area (Å²) in [6.45, 7) is 8.47. The molecule has 0 fully saturated rings. The lowest BCUT2D eigenvalue weighted by molar-refractivity contribution is 0.102. The molecule has 1 heterocycles. The zero-order valence-electron chi connectivity index (χ0n) is 16.1. The fourth-order valence-electron chi connectivity index (χ4n) is 2.71. The van der Waals surface area contributed by atoms with Crippen LogP contribution in [0.15, 0.2) is 48.5 Å². The number of aryl methyl sites for hydroxylation is 4. The molecule has 0 saturated carbocycles. The molecule has 0 aliphatic carbocycles. The van der Waals surface area contributed by atoms with E-state index < -0.39 is 0 Å². The molecule has 5 heteroatoms. The average Bonchev–Trinajstić information content (AvgIpc) is 2.64. The SMILES string of the molecule is Cc1ccc(CNc2nc(C)cc(C(=O)Nc3cc(C)ccc3C)n2)cc1. The highest BCUT2D eigenvalue weighted by Gasteiger charge is 2.12. The monoisotopic (exact) mass is 360 g/mol. The Morgan fingerprint density at radius 3 is 2.33 bits per heavy atom. The first-order valence-corrected chi connectivity index (χ1v) is 8.94. The van der Waals surface area contributed by atoms with E-state index in [2.05, 4.69) is 51.8 Å². The first-order valence-electron chi connectivity index (χ1n) is 8.94. The van der Waals surface area contributed by atoms with E-state index in [0.717, 1.165) is 28.1 Å². The molecule has 0 aliphatic heterocycles. The maximum atomic E-state index is 12.7. The Bertz CT molecular complexity index is 965. The number of hydrogen-bond acceptors (Lipinski definition) is 4. The van der Waals surface area contributed by atoms with E-state index in [-0.39, 0.29) is 5.91 Å². The molecular formula is C22H24N4O. The fourth-order valence-corrected chi connectivity index (χ4v) is 2.71. The lowest BCUT2D eigenvalue weighted by Gasteiger charge is -2.11. The number of anilines is 2. The largest absolute Gasteiger partial charge is 0.350 e.